The highest BCUT2D eigenvalue weighted by molar-refractivity contribution is 5.14. The van der Waals surface area contributed by atoms with Gasteiger partial charge in [-0.3, -0.25) is 10.2 Å². The van der Waals surface area contributed by atoms with Crippen molar-refractivity contribution in [3.8, 4) is 6.07 Å². The molecule has 0 aromatic heterocycles. The first-order valence-electron chi connectivity index (χ1n) is 8.08. The van der Waals surface area contributed by atoms with Crippen LogP contribution >= 0.6 is 0 Å². The second-order valence-electron chi connectivity index (χ2n) is 7.42. The Balaban J connectivity index is 1.71. The van der Waals surface area contributed by atoms with Crippen molar-refractivity contribution in [3.63, 3.8) is 0 Å². The summed E-state index contributed by atoms with van der Waals surface area (Å²) < 4.78 is 5.64. The first-order valence-corrected chi connectivity index (χ1v) is 8.08. The zero-order valence-corrected chi connectivity index (χ0v) is 12.8. The number of morpholine rings is 1. The quantitative estimate of drug-likeness (QED) is 0.858. The van der Waals surface area contributed by atoms with Crippen LogP contribution in [-0.4, -0.2) is 47.8 Å². The molecule has 2 atom stereocenters. The molecule has 4 heteroatoms. The second kappa shape index (κ2) is 5.29. The molecule has 1 aliphatic heterocycles. The van der Waals surface area contributed by atoms with Crippen LogP contribution < -0.4 is 5.32 Å². The summed E-state index contributed by atoms with van der Waals surface area (Å²) in [4.78, 5) is 2.59. The first-order chi connectivity index (χ1) is 9.55. The predicted molar refractivity (Wildman–Crippen MR) is 78.4 cm³/mol. The van der Waals surface area contributed by atoms with Crippen LogP contribution in [0.5, 0.6) is 0 Å². The molecule has 1 N–H and O–H groups in total. The smallest absolute Gasteiger partial charge is 0.108 e. The maximum atomic E-state index is 9.71. The topological polar surface area (TPSA) is 48.3 Å². The van der Waals surface area contributed by atoms with E-state index in [2.05, 4.69) is 30.1 Å². The van der Waals surface area contributed by atoms with Gasteiger partial charge >= 0.3 is 0 Å². The Hall–Kier alpha value is -0.630. The Bertz CT molecular complexity index is 399. The Morgan fingerprint density at radius 3 is 2.75 bits per heavy atom. The molecule has 20 heavy (non-hydrogen) atoms. The molecular formula is C16H27N3O. The van der Waals surface area contributed by atoms with Gasteiger partial charge < -0.3 is 4.74 Å². The summed E-state index contributed by atoms with van der Waals surface area (Å²) in [6.45, 7) is 7.17. The molecule has 0 aromatic carbocycles. The van der Waals surface area contributed by atoms with Crippen LogP contribution in [0.25, 0.3) is 0 Å². The van der Waals surface area contributed by atoms with Crippen LogP contribution in [0, 0.1) is 11.3 Å². The van der Waals surface area contributed by atoms with Gasteiger partial charge in [-0.15, -0.1) is 0 Å². The lowest BCUT2D eigenvalue weighted by Crippen LogP contribution is -2.61. The van der Waals surface area contributed by atoms with Gasteiger partial charge in [0.25, 0.3) is 0 Å². The Labute approximate surface area is 122 Å². The Morgan fingerprint density at radius 1 is 1.30 bits per heavy atom. The molecule has 0 spiro atoms. The lowest BCUT2D eigenvalue weighted by molar-refractivity contribution is -0.0823. The molecular weight excluding hydrogens is 250 g/mol. The molecule has 112 valence electrons. The molecule has 0 amide bonds. The molecule has 0 aromatic rings. The number of nitrogens with zero attached hydrogens (tertiary/aromatic N) is 2. The predicted octanol–water partition coefficient (Wildman–Crippen LogP) is 2.05. The molecule has 3 fully saturated rings. The minimum atomic E-state index is -0.279. The molecule has 0 radical (unpaired) electrons. The summed E-state index contributed by atoms with van der Waals surface area (Å²) in [5.74, 6) is 0. The largest absolute Gasteiger partial charge is 0.378 e. The van der Waals surface area contributed by atoms with Crippen molar-refractivity contribution in [3.05, 3.63) is 0 Å². The number of hydrogen-bond donors (Lipinski definition) is 1. The van der Waals surface area contributed by atoms with E-state index in [9.17, 15) is 5.26 Å². The maximum Gasteiger partial charge on any atom is 0.108 e. The van der Waals surface area contributed by atoms with E-state index in [1.807, 2.05) is 0 Å². The molecule has 2 aliphatic carbocycles. The van der Waals surface area contributed by atoms with E-state index >= 15 is 0 Å². The van der Waals surface area contributed by atoms with Crippen molar-refractivity contribution in [2.45, 2.75) is 75.5 Å². The first kappa shape index (κ1) is 14.3. The maximum absolute atomic E-state index is 9.71. The molecule has 0 bridgehead atoms. The minimum Gasteiger partial charge on any atom is -0.378 e. The van der Waals surface area contributed by atoms with Gasteiger partial charge in [-0.2, -0.15) is 5.26 Å². The minimum absolute atomic E-state index is 0.0982. The summed E-state index contributed by atoms with van der Waals surface area (Å²) in [6.07, 6.45) is 6.86. The highest BCUT2D eigenvalue weighted by atomic mass is 16.5. The number of rotatable bonds is 3. The fourth-order valence-electron chi connectivity index (χ4n) is 3.94. The van der Waals surface area contributed by atoms with Gasteiger partial charge in [0.15, 0.2) is 0 Å². The van der Waals surface area contributed by atoms with Gasteiger partial charge in [-0.05, 0) is 52.4 Å². The molecule has 3 rings (SSSR count). The Kier molecular flexibility index (Phi) is 3.79. The lowest BCUT2D eigenvalue weighted by Gasteiger charge is -2.50. The summed E-state index contributed by atoms with van der Waals surface area (Å²) >= 11 is 0. The summed E-state index contributed by atoms with van der Waals surface area (Å²) in [6, 6.07) is 3.74. The van der Waals surface area contributed by atoms with E-state index in [1.54, 1.807) is 0 Å². The van der Waals surface area contributed by atoms with Gasteiger partial charge in [0.2, 0.25) is 0 Å². The third-order valence-corrected chi connectivity index (χ3v) is 5.15. The van der Waals surface area contributed by atoms with Gasteiger partial charge in [-0.1, -0.05) is 0 Å². The van der Waals surface area contributed by atoms with Crippen molar-refractivity contribution in [1.82, 2.24) is 10.2 Å². The number of nitriles is 1. The van der Waals surface area contributed by atoms with Crippen LogP contribution in [0.1, 0.15) is 52.4 Å². The summed E-state index contributed by atoms with van der Waals surface area (Å²) in [7, 11) is 0. The zero-order valence-electron chi connectivity index (χ0n) is 12.8. The highest BCUT2D eigenvalue weighted by Crippen LogP contribution is 2.37. The van der Waals surface area contributed by atoms with Crippen LogP contribution in [0.3, 0.4) is 0 Å². The third kappa shape index (κ3) is 2.86. The van der Waals surface area contributed by atoms with E-state index in [0.29, 0.717) is 12.1 Å². The van der Waals surface area contributed by atoms with Gasteiger partial charge in [0.05, 0.1) is 19.3 Å². The molecule has 1 heterocycles. The van der Waals surface area contributed by atoms with E-state index in [1.165, 1.54) is 19.3 Å². The average Bonchev–Trinajstić information content (AvgIpc) is 3.22. The van der Waals surface area contributed by atoms with E-state index in [-0.39, 0.29) is 11.1 Å². The number of hydrogen-bond acceptors (Lipinski definition) is 4. The van der Waals surface area contributed by atoms with Crippen molar-refractivity contribution in [2.75, 3.05) is 19.8 Å². The van der Waals surface area contributed by atoms with Crippen LogP contribution in [-0.2, 0) is 4.74 Å². The van der Waals surface area contributed by atoms with Crippen molar-refractivity contribution in [2.24, 2.45) is 0 Å². The van der Waals surface area contributed by atoms with Crippen LogP contribution in [0.4, 0.5) is 0 Å². The van der Waals surface area contributed by atoms with Crippen LogP contribution in [0.15, 0.2) is 0 Å². The van der Waals surface area contributed by atoms with Gasteiger partial charge in [-0.25, -0.2) is 0 Å². The van der Waals surface area contributed by atoms with Crippen molar-refractivity contribution < 1.29 is 4.74 Å². The molecule has 2 unspecified atom stereocenters. The van der Waals surface area contributed by atoms with Crippen LogP contribution in [0.2, 0.25) is 0 Å². The summed E-state index contributed by atoms with van der Waals surface area (Å²) in [5.41, 5.74) is -0.181. The molecule has 4 nitrogen and oxygen atoms in total. The number of nitrogens with one attached hydrogen (secondary N) is 1. The number of ether oxygens (including phenoxy) is 1. The monoisotopic (exact) mass is 277 g/mol. The lowest BCUT2D eigenvalue weighted by atomic mass is 9.78. The van der Waals surface area contributed by atoms with Crippen molar-refractivity contribution >= 4 is 0 Å². The third-order valence-electron chi connectivity index (χ3n) is 5.15. The highest BCUT2D eigenvalue weighted by Gasteiger charge is 2.45. The normalized spacial score (nSPS) is 38.4. The second-order valence-corrected chi connectivity index (χ2v) is 7.42. The Morgan fingerprint density at radius 2 is 2.10 bits per heavy atom. The standard InChI is InChI=1S/C16H27N3O/c1-15(2)12-20-9-8-19(15)14-4-3-7-16(10-14,11-17)18-13-5-6-13/h13-14,18H,3-10,12H2,1-2H3. The summed E-state index contributed by atoms with van der Waals surface area (Å²) in [5, 5.41) is 13.3. The fourth-order valence-corrected chi connectivity index (χ4v) is 3.94. The zero-order chi connectivity index (χ0) is 14.2. The molecule has 1 saturated heterocycles. The fraction of sp³-hybridized carbons (Fsp3) is 0.938. The van der Waals surface area contributed by atoms with E-state index in [0.717, 1.165) is 39.0 Å². The van der Waals surface area contributed by atoms with Gasteiger partial charge in [0, 0.05) is 24.2 Å². The van der Waals surface area contributed by atoms with E-state index in [4.69, 9.17) is 4.74 Å². The molecule has 2 saturated carbocycles. The van der Waals surface area contributed by atoms with Gasteiger partial charge in [0.1, 0.15) is 5.54 Å². The molecule has 3 aliphatic rings. The average molecular weight is 277 g/mol. The van der Waals surface area contributed by atoms with E-state index < -0.39 is 0 Å². The SMILES string of the molecule is CC1(C)COCCN1C1CCCC(C#N)(NC2CC2)C1. The van der Waals surface area contributed by atoms with Crippen molar-refractivity contribution in [1.29, 1.82) is 5.26 Å².